The molecule has 4 heteroatoms. The first-order valence-corrected chi connectivity index (χ1v) is 5.52. The standard InChI is InChI=1S/C14H10N2O2/c17-10-7-5-9(6-8-10)13-14(18)11-3-1-2-4-12(11)15-16-13/h1-8,17H,(H,15,18). The Balaban J connectivity index is 2.27. The Bertz CT molecular complexity index is 761. The highest BCUT2D eigenvalue weighted by molar-refractivity contribution is 5.81. The molecule has 2 N–H and O–H groups in total. The number of phenols is 1. The number of nitrogens with one attached hydrogen (secondary N) is 1. The lowest BCUT2D eigenvalue weighted by atomic mass is 10.1. The van der Waals surface area contributed by atoms with E-state index in [0.29, 0.717) is 22.2 Å². The Morgan fingerprint density at radius 1 is 1.00 bits per heavy atom. The van der Waals surface area contributed by atoms with Crippen molar-refractivity contribution in [3.63, 3.8) is 0 Å². The number of para-hydroxylation sites is 1. The van der Waals surface area contributed by atoms with Gasteiger partial charge in [-0.3, -0.25) is 9.89 Å². The SMILES string of the molecule is O=c1c(-c2ccc(O)cc2)n[nH]c2ccccc12. The largest absolute Gasteiger partial charge is 0.508 e. The molecule has 0 atom stereocenters. The number of H-pyrrole nitrogens is 1. The van der Waals surface area contributed by atoms with Crippen molar-refractivity contribution in [2.75, 3.05) is 0 Å². The first-order chi connectivity index (χ1) is 8.75. The molecule has 18 heavy (non-hydrogen) atoms. The van der Waals surface area contributed by atoms with Crippen LogP contribution in [0.1, 0.15) is 0 Å². The van der Waals surface area contributed by atoms with Gasteiger partial charge in [0.2, 0.25) is 5.43 Å². The first kappa shape index (κ1) is 10.5. The minimum atomic E-state index is -0.116. The van der Waals surface area contributed by atoms with Crippen LogP contribution in [0.5, 0.6) is 5.75 Å². The Morgan fingerprint density at radius 2 is 1.72 bits per heavy atom. The molecule has 0 aliphatic carbocycles. The smallest absolute Gasteiger partial charge is 0.215 e. The summed E-state index contributed by atoms with van der Waals surface area (Å²) in [6, 6.07) is 13.6. The summed E-state index contributed by atoms with van der Waals surface area (Å²) in [5.74, 6) is 0.163. The average Bonchev–Trinajstić information content (AvgIpc) is 2.41. The van der Waals surface area contributed by atoms with Crippen molar-refractivity contribution in [1.82, 2.24) is 10.2 Å². The number of nitrogens with zero attached hydrogens (tertiary/aromatic N) is 1. The van der Waals surface area contributed by atoms with E-state index < -0.39 is 0 Å². The Labute approximate surface area is 103 Å². The fourth-order valence-electron chi connectivity index (χ4n) is 1.89. The highest BCUT2D eigenvalue weighted by Gasteiger charge is 2.08. The molecule has 0 aliphatic heterocycles. The van der Waals surface area contributed by atoms with E-state index >= 15 is 0 Å². The quantitative estimate of drug-likeness (QED) is 0.683. The second-order valence-electron chi connectivity index (χ2n) is 3.99. The van der Waals surface area contributed by atoms with E-state index in [1.165, 1.54) is 12.1 Å². The molecule has 0 amide bonds. The molecule has 0 radical (unpaired) electrons. The molecular weight excluding hydrogens is 228 g/mol. The van der Waals surface area contributed by atoms with Crippen molar-refractivity contribution >= 4 is 10.9 Å². The molecule has 0 unspecified atom stereocenters. The third kappa shape index (κ3) is 1.64. The van der Waals surface area contributed by atoms with Gasteiger partial charge in [0.1, 0.15) is 11.4 Å². The number of aromatic amines is 1. The van der Waals surface area contributed by atoms with E-state index in [9.17, 15) is 9.90 Å². The second-order valence-corrected chi connectivity index (χ2v) is 3.99. The van der Waals surface area contributed by atoms with Crippen molar-refractivity contribution in [2.24, 2.45) is 0 Å². The maximum Gasteiger partial charge on any atom is 0.215 e. The summed E-state index contributed by atoms with van der Waals surface area (Å²) in [6.07, 6.45) is 0. The van der Waals surface area contributed by atoms with Crippen molar-refractivity contribution in [3.8, 4) is 17.0 Å². The molecule has 0 aliphatic rings. The zero-order valence-electron chi connectivity index (χ0n) is 9.42. The third-order valence-electron chi connectivity index (χ3n) is 2.82. The fraction of sp³-hybridized carbons (Fsp3) is 0. The summed E-state index contributed by atoms with van der Waals surface area (Å²) in [4.78, 5) is 12.3. The van der Waals surface area contributed by atoms with Crippen LogP contribution in [-0.4, -0.2) is 15.3 Å². The predicted octanol–water partition coefficient (Wildman–Crippen LogP) is 2.30. The molecule has 1 aromatic heterocycles. The van der Waals surface area contributed by atoms with Gasteiger partial charge in [0.05, 0.1) is 5.52 Å². The molecule has 1 heterocycles. The van der Waals surface area contributed by atoms with Gasteiger partial charge >= 0.3 is 0 Å². The van der Waals surface area contributed by atoms with Gasteiger partial charge in [0.25, 0.3) is 0 Å². The zero-order chi connectivity index (χ0) is 12.5. The molecule has 0 saturated carbocycles. The van der Waals surface area contributed by atoms with E-state index in [0.717, 1.165) is 0 Å². The molecule has 0 fully saturated rings. The number of aromatic nitrogens is 2. The Kier molecular flexibility index (Phi) is 2.34. The van der Waals surface area contributed by atoms with Gasteiger partial charge in [-0.1, -0.05) is 12.1 Å². The van der Waals surface area contributed by atoms with Crippen LogP contribution in [0.15, 0.2) is 53.3 Å². The second kappa shape index (κ2) is 4.00. The summed E-state index contributed by atoms with van der Waals surface area (Å²) in [5, 5.41) is 16.8. The van der Waals surface area contributed by atoms with E-state index in [2.05, 4.69) is 10.2 Å². The predicted molar refractivity (Wildman–Crippen MR) is 69.5 cm³/mol. The highest BCUT2D eigenvalue weighted by Crippen LogP contribution is 2.18. The number of aromatic hydroxyl groups is 1. The van der Waals surface area contributed by atoms with Gasteiger partial charge < -0.3 is 5.11 Å². The zero-order valence-corrected chi connectivity index (χ0v) is 9.42. The molecule has 3 aromatic rings. The van der Waals surface area contributed by atoms with E-state index in [4.69, 9.17) is 0 Å². The summed E-state index contributed by atoms with van der Waals surface area (Å²) in [5.41, 5.74) is 1.63. The molecule has 0 bridgehead atoms. The van der Waals surface area contributed by atoms with Crippen molar-refractivity contribution in [2.45, 2.75) is 0 Å². The summed E-state index contributed by atoms with van der Waals surface area (Å²) < 4.78 is 0. The van der Waals surface area contributed by atoms with Gasteiger partial charge in [-0.2, -0.15) is 5.10 Å². The first-order valence-electron chi connectivity index (χ1n) is 5.52. The van der Waals surface area contributed by atoms with Crippen molar-refractivity contribution in [3.05, 3.63) is 58.8 Å². The van der Waals surface area contributed by atoms with Gasteiger partial charge in [0, 0.05) is 10.9 Å². The van der Waals surface area contributed by atoms with Crippen LogP contribution in [0.3, 0.4) is 0 Å². The van der Waals surface area contributed by atoms with Gasteiger partial charge in [-0.05, 0) is 36.4 Å². The van der Waals surface area contributed by atoms with E-state index in [1.54, 1.807) is 18.2 Å². The Hall–Kier alpha value is -2.62. The van der Waals surface area contributed by atoms with E-state index in [1.807, 2.05) is 18.2 Å². The van der Waals surface area contributed by atoms with Gasteiger partial charge in [-0.25, -0.2) is 0 Å². The van der Waals surface area contributed by atoms with Crippen LogP contribution < -0.4 is 5.43 Å². The average molecular weight is 238 g/mol. The minimum absolute atomic E-state index is 0.116. The Morgan fingerprint density at radius 3 is 2.50 bits per heavy atom. The van der Waals surface area contributed by atoms with Gasteiger partial charge in [0.15, 0.2) is 0 Å². The molecule has 2 aromatic carbocycles. The topological polar surface area (TPSA) is 66.0 Å². The third-order valence-corrected chi connectivity index (χ3v) is 2.82. The number of benzene rings is 2. The van der Waals surface area contributed by atoms with Crippen LogP contribution in [0.25, 0.3) is 22.2 Å². The lowest BCUT2D eigenvalue weighted by Gasteiger charge is -2.02. The number of fused-ring (bicyclic) bond motifs is 1. The normalized spacial score (nSPS) is 10.7. The number of hydrogen-bond acceptors (Lipinski definition) is 3. The number of rotatable bonds is 1. The van der Waals surface area contributed by atoms with Crippen molar-refractivity contribution in [1.29, 1.82) is 0 Å². The minimum Gasteiger partial charge on any atom is -0.508 e. The lowest BCUT2D eigenvalue weighted by molar-refractivity contribution is 0.475. The van der Waals surface area contributed by atoms with Crippen LogP contribution in [0.4, 0.5) is 0 Å². The van der Waals surface area contributed by atoms with Crippen LogP contribution in [0.2, 0.25) is 0 Å². The molecule has 88 valence electrons. The lowest BCUT2D eigenvalue weighted by Crippen LogP contribution is -2.09. The van der Waals surface area contributed by atoms with E-state index in [-0.39, 0.29) is 11.2 Å². The molecule has 0 saturated heterocycles. The number of hydrogen-bond donors (Lipinski definition) is 2. The molecule has 0 spiro atoms. The van der Waals surface area contributed by atoms with Gasteiger partial charge in [-0.15, -0.1) is 0 Å². The summed E-state index contributed by atoms with van der Waals surface area (Å²) in [6.45, 7) is 0. The van der Waals surface area contributed by atoms with Crippen molar-refractivity contribution < 1.29 is 5.11 Å². The van der Waals surface area contributed by atoms with Crippen LogP contribution in [0, 0.1) is 0 Å². The maximum atomic E-state index is 12.3. The molecule has 3 rings (SSSR count). The fourth-order valence-corrected chi connectivity index (χ4v) is 1.89. The van der Waals surface area contributed by atoms with Crippen LogP contribution >= 0.6 is 0 Å². The summed E-state index contributed by atoms with van der Waals surface area (Å²) in [7, 11) is 0. The summed E-state index contributed by atoms with van der Waals surface area (Å²) >= 11 is 0. The monoisotopic (exact) mass is 238 g/mol. The maximum absolute atomic E-state index is 12.3. The highest BCUT2D eigenvalue weighted by atomic mass is 16.3. The number of phenolic OH excluding ortho intramolecular Hbond substituents is 1. The molecule has 4 nitrogen and oxygen atoms in total. The molecular formula is C14H10N2O2. The van der Waals surface area contributed by atoms with Crippen LogP contribution in [-0.2, 0) is 0 Å².